The number of benzene rings is 1. The van der Waals surface area contributed by atoms with Crippen molar-refractivity contribution in [1.82, 2.24) is 0 Å². The van der Waals surface area contributed by atoms with Crippen LogP contribution in [0.15, 0.2) is 29.3 Å². The third kappa shape index (κ3) is 3.28. The van der Waals surface area contributed by atoms with Gasteiger partial charge in [0.25, 0.3) is 11.9 Å². The molecule has 0 aromatic heterocycles. The highest BCUT2D eigenvalue weighted by Crippen LogP contribution is 2.49. The van der Waals surface area contributed by atoms with Crippen LogP contribution in [0.25, 0.3) is 0 Å². The Morgan fingerprint density at radius 2 is 1.72 bits per heavy atom. The van der Waals surface area contributed by atoms with Crippen LogP contribution < -0.4 is 4.90 Å². The van der Waals surface area contributed by atoms with Crippen LogP contribution >= 0.6 is 0 Å². The number of rotatable bonds is 4. The van der Waals surface area contributed by atoms with E-state index in [0.29, 0.717) is 12.1 Å². The van der Waals surface area contributed by atoms with E-state index in [1.54, 1.807) is 6.92 Å². The second-order valence-electron chi connectivity index (χ2n) is 5.06. The molecule has 0 bridgehead atoms. The van der Waals surface area contributed by atoms with Crippen molar-refractivity contribution in [2.75, 3.05) is 18.1 Å². The van der Waals surface area contributed by atoms with Gasteiger partial charge in [-0.25, -0.2) is 0 Å². The monoisotopic (exact) mass is 370 g/mol. The summed E-state index contributed by atoms with van der Waals surface area (Å²) in [6.45, 7) is 1.54. The Bertz CT molecular complexity index is 685. The first-order chi connectivity index (χ1) is 11.4. The Hall–Kier alpha value is -2.30. The van der Waals surface area contributed by atoms with E-state index in [-0.39, 0.29) is 24.9 Å². The van der Waals surface area contributed by atoms with Gasteiger partial charge in [0.1, 0.15) is 0 Å². The second kappa shape index (κ2) is 6.21. The SMILES string of the molecule is CCN(C1=NC(=O)CO1)c1ccc(C(F)(F)C(O)(F)C(F)(F)F)cc1. The minimum Gasteiger partial charge on any atom is -0.454 e. The molecule has 1 atom stereocenters. The lowest BCUT2D eigenvalue weighted by Gasteiger charge is -2.30. The molecule has 138 valence electrons. The van der Waals surface area contributed by atoms with Gasteiger partial charge in [-0.05, 0) is 19.1 Å². The van der Waals surface area contributed by atoms with E-state index in [1.807, 2.05) is 0 Å². The third-order valence-corrected chi connectivity index (χ3v) is 3.43. The minimum atomic E-state index is -6.18. The first-order valence-corrected chi connectivity index (χ1v) is 6.90. The molecule has 25 heavy (non-hydrogen) atoms. The zero-order chi connectivity index (χ0) is 19.0. The predicted octanol–water partition coefficient (Wildman–Crippen LogP) is 2.74. The standard InChI is InChI=1S/C14H12F6N2O3/c1-2-22(11-21-10(23)7-25-11)9-5-3-8(4-6-9)12(15,16)13(17,24)14(18,19)20/h3-6,24H,2,7H2,1H3. The predicted molar refractivity (Wildman–Crippen MR) is 73.9 cm³/mol. The number of anilines is 1. The van der Waals surface area contributed by atoms with Gasteiger partial charge in [-0.1, -0.05) is 12.1 Å². The van der Waals surface area contributed by atoms with E-state index in [9.17, 15) is 31.1 Å². The van der Waals surface area contributed by atoms with Crippen molar-refractivity contribution < 1.29 is 41.0 Å². The molecule has 1 heterocycles. The molecule has 1 aliphatic rings. The highest BCUT2D eigenvalue weighted by molar-refractivity contribution is 6.03. The Morgan fingerprint density at radius 1 is 1.16 bits per heavy atom. The third-order valence-electron chi connectivity index (χ3n) is 3.43. The molecule has 0 fully saturated rings. The summed E-state index contributed by atoms with van der Waals surface area (Å²) >= 11 is 0. The summed E-state index contributed by atoms with van der Waals surface area (Å²) in [6.07, 6.45) is -6.18. The Balaban J connectivity index is 2.33. The molecule has 1 aromatic carbocycles. The number of carbonyl (C=O) groups is 1. The fraction of sp³-hybridized carbons (Fsp3) is 0.429. The zero-order valence-electron chi connectivity index (χ0n) is 12.6. The van der Waals surface area contributed by atoms with Crippen LogP contribution in [-0.2, 0) is 15.5 Å². The number of hydrogen-bond donors (Lipinski definition) is 1. The van der Waals surface area contributed by atoms with Gasteiger partial charge in [0.05, 0.1) is 0 Å². The number of aliphatic imine (C=N–C) groups is 1. The average Bonchev–Trinajstić information content (AvgIpc) is 2.93. The van der Waals surface area contributed by atoms with Crippen molar-refractivity contribution in [1.29, 1.82) is 0 Å². The van der Waals surface area contributed by atoms with Crippen molar-refractivity contribution in [3.05, 3.63) is 29.8 Å². The maximum absolute atomic E-state index is 13.7. The molecule has 2 rings (SSSR count). The van der Waals surface area contributed by atoms with Gasteiger partial charge in [-0.2, -0.15) is 31.3 Å². The summed E-state index contributed by atoms with van der Waals surface area (Å²) in [4.78, 5) is 15.9. The first-order valence-electron chi connectivity index (χ1n) is 6.90. The van der Waals surface area contributed by atoms with Gasteiger partial charge in [-0.3, -0.25) is 9.69 Å². The number of amidine groups is 1. The normalized spacial score (nSPS) is 17.8. The fourth-order valence-corrected chi connectivity index (χ4v) is 2.08. The van der Waals surface area contributed by atoms with E-state index in [2.05, 4.69) is 4.99 Å². The summed E-state index contributed by atoms with van der Waals surface area (Å²) < 4.78 is 82.8. The van der Waals surface area contributed by atoms with Gasteiger partial charge in [-0.15, -0.1) is 0 Å². The van der Waals surface area contributed by atoms with Crippen molar-refractivity contribution in [3.63, 3.8) is 0 Å². The number of alkyl halides is 6. The molecule has 0 aliphatic carbocycles. The van der Waals surface area contributed by atoms with Gasteiger partial charge >= 0.3 is 18.0 Å². The molecule has 1 N–H and O–H groups in total. The van der Waals surface area contributed by atoms with Crippen molar-refractivity contribution in [2.24, 2.45) is 4.99 Å². The average molecular weight is 370 g/mol. The van der Waals surface area contributed by atoms with Crippen LogP contribution in [-0.4, -0.2) is 42.2 Å². The minimum absolute atomic E-state index is 0.0932. The second-order valence-corrected chi connectivity index (χ2v) is 5.06. The Morgan fingerprint density at radius 3 is 2.12 bits per heavy atom. The largest absolute Gasteiger partial charge is 0.455 e. The number of halogens is 6. The Labute approximate surface area is 137 Å². The topological polar surface area (TPSA) is 62.1 Å². The molecule has 11 heteroatoms. The van der Waals surface area contributed by atoms with Gasteiger partial charge in [0.2, 0.25) is 0 Å². The lowest BCUT2D eigenvalue weighted by atomic mass is 10.0. The maximum atomic E-state index is 13.7. The number of aliphatic hydroxyl groups is 1. The van der Waals surface area contributed by atoms with Crippen LogP contribution in [0.3, 0.4) is 0 Å². The molecule has 1 unspecified atom stereocenters. The smallest absolute Gasteiger partial charge is 0.454 e. The van der Waals surface area contributed by atoms with Crippen molar-refractivity contribution in [2.45, 2.75) is 24.9 Å². The summed E-state index contributed by atoms with van der Waals surface area (Å²) in [5.74, 6) is -11.5. The fourth-order valence-electron chi connectivity index (χ4n) is 2.08. The van der Waals surface area contributed by atoms with Gasteiger partial charge in [0.15, 0.2) is 6.61 Å². The first kappa shape index (κ1) is 19.0. The zero-order valence-corrected chi connectivity index (χ0v) is 12.6. The van der Waals surface area contributed by atoms with Gasteiger partial charge in [0, 0.05) is 17.8 Å². The molecule has 1 amide bonds. The molecule has 0 spiro atoms. The lowest BCUT2D eigenvalue weighted by Crippen LogP contribution is -2.53. The molecule has 5 nitrogen and oxygen atoms in total. The van der Waals surface area contributed by atoms with E-state index in [4.69, 9.17) is 9.84 Å². The molecular weight excluding hydrogens is 358 g/mol. The summed E-state index contributed by atoms with van der Waals surface area (Å²) in [6, 6.07) is 2.91. The van der Waals surface area contributed by atoms with Crippen LogP contribution in [0.5, 0.6) is 0 Å². The molecule has 0 saturated carbocycles. The highest BCUT2D eigenvalue weighted by atomic mass is 19.4. The van der Waals surface area contributed by atoms with Crippen LogP contribution in [0, 0.1) is 0 Å². The quantitative estimate of drug-likeness (QED) is 0.828. The van der Waals surface area contributed by atoms with E-state index >= 15 is 0 Å². The number of nitrogens with zero attached hydrogens (tertiary/aromatic N) is 2. The van der Waals surface area contributed by atoms with E-state index in [1.165, 1.54) is 4.90 Å². The molecule has 0 saturated heterocycles. The number of ether oxygens (including phenoxy) is 1. The lowest BCUT2D eigenvalue weighted by molar-refractivity contribution is -0.390. The summed E-state index contributed by atoms with van der Waals surface area (Å²) in [5, 5.41) is 8.63. The van der Waals surface area contributed by atoms with Gasteiger partial charge < -0.3 is 9.84 Å². The Kier molecular flexibility index (Phi) is 4.73. The number of carbonyl (C=O) groups excluding carboxylic acids is 1. The number of hydrogen-bond acceptors (Lipinski definition) is 4. The maximum Gasteiger partial charge on any atom is 0.455 e. The van der Waals surface area contributed by atoms with Crippen molar-refractivity contribution in [3.8, 4) is 0 Å². The highest BCUT2D eigenvalue weighted by Gasteiger charge is 2.71. The van der Waals surface area contributed by atoms with Crippen LogP contribution in [0.1, 0.15) is 12.5 Å². The van der Waals surface area contributed by atoms with Crippen LogP contribution in [0.2, 0.25) is 0 Å². The van der Waals surface area contributed by atoms with Crippen LogP contribution in [0.4, 0.5) is 32.0 Å². The molecule has 1 aliphatic heterocycles. The molecular formula is C14H12F6N2O3. The number of amides is 1. The summed E-state index contributed by atoms with van der Waals surface area (Å²) in [5.41, 5.74) is -1.20. The molecule has 1 aromatic rings. The van der Waals surface area contributed by atoms with E-state index in [0.717, 1.165) is 12.1 Å². The molecule has 0 radical (unpaired) electrons. The van der Waals surface area contributed by atoms with E-state index < -0.39 is 29.4 Å². The summed E-state index contributed by atoms with van der Waals surface area (Å²) in [7, 11) is 0. The van der Waals surface area contributed by atoms with Crippen molar-refractivity contribution >= 4 is 17.6 Å².